The predicted octanol–water partition coefficient (Wildman–Crippen LogP) is 3.07. The molecule has 4 heteroatoms. The first-order valence-electron chi connectivity index (χ1n) is 5.91. The second-order valence-electron chi connectivity index (χ2n) is 4.72. The van der Waals surface area contributed by atoms with Gasteiger partial charge in [0, 0.05) is 11.3 Å². The minimum absolute atomic E-state index is 0.602. The van der Waals surface area contributed by atoms with Crippen LogP contribution >= 0.6 is 11.8 Å². The van der Waals surface area contributed by atoms with Crippen LogP contribution in [0.2, 0.25) is 0 Å². The van der Waals surface area contributed by atoms with Crippen LogP contribution in [0.5, 0.6) is 0 Å². The summed E-state index contributed by atoms with van der Waals surface area (Å²) in [7, 11) is 0. The maximum Gasteiger partial charge on any atom is 0.148 e. The fraction of sp³-hybridized carbons (Fsp3) is 0.385. The number of aromatic nitrogens is 3. The molecule has 2 heterocycles. The van der Waals surface area contributed by atoms with E-state index in [1.807, 2.05) is 11.8 Å². The zero-order chi connectivity index (χ0) is 11.8. The summed E-state index contributed by atoms with van der Waals surface area (Å²) in [6, 6.07) is 8.48. The molecule has 17 heavy (non-hydrogen) atoms. The molecule has 3 rings (SSSR count). The van der Waals surface area contributed by atoms with Gasteiger partial charge in [0.1, 0.15) is 11.6 Å². The Morgan fingerprint density at radius 3 is 2.94 bits per heavy atom. The number of thioether (sulfide) groups is 1. The lowest BCUT2D eigenvalue weighted by molar-refractivity contribution is 0.609. The average molecular weight is 245 g/mol. The Morgan fingerprint density at radius 2 is 2.12 bits per heavy atom. The lowest BCUT2D eigenvalue weighted by Gasteiger charge is -2.19. The quantitative estimate of drug-likeness (QED) is 0.814. The molecule has 0 radical (unpaired) electrons. The Bertz CT molecular complexity index is 545. The molecule has 0 aliphatic carbocycles. The van der Waals surface area contributed by atoms with Crippen molar-refractivity contribution >= 4 is 11.8 Å². The second-order valence-corrected chi connectivity index (χ2v) is 5.74. The van der Waals surface area contributed by atoms with Crippen LogP contribution in [0.15, 0.2) is 29.2 Å². The maximum absolute atomic E-state index is 4.34. The molecule has 0 amide bonds. The first-order chi connectivity index (χ1) is 8.25. The summed E-state index contributed by atoms with van der Waals surface area (Å²) in [5.41, 5.74) is 1.24. The standard InChI is InChI=1S/C13H15N3S/c1-9(2)7-12-14-15-13-8-17-11-6-4-3-5-10(11)16(12)13/h3-6,9H,7-8H2,1-2H3. The van der Waals surface area contributed by atoms with E-state index in [9.17, 15) is 0 Å². The molecule has 0 fully saturated rings. The number of nitrogens with zero attached hydrogens (tertiary/aromatic N) is 3. The third-order valence-electron chi connectivity index (χ3n) is 2.85. The molecule has 1 aliphatic rings. The zero-order valence-corrected chi connectivity index (χ0v) is 10.9. The van der Waals surface area contributed by atoms with Crippen molar-refractivity contribution in [1.82, 2.24) is 14.8 Å². The van der Waals surface area contributed by atoms with E-state index in [2.05, 4.69) is 52.9 Å². The van der Waals surface area contributed by atoms with E-state index in [-0.39, 0.29) is 0 Å². The minimum atomic E-state index is 0.602. The van der Waals surface area contributed by atoms with Gasteiger partial charge in [-0.3, -0.25) is 4.57 Å². The highest BCUT2D eigenvalue weighted by Gasteiger charge is 2.21. The van der Waals surface area contributed by atoms with Gasteiger partial charge in [-0.1, -0.05) is 26.0 Å². The van der Waals surface area contributed by atoms with Gasteiger partial charge in [-0.05, 0) is 18.1 Å². The fourth-order valence-corrected chi connectivity index (χ4v) is 3.08. The molecule has 1 aromatic heterocycles. The zero-order valence-electron chi connectivity index (χ0n) is 10.1. The SMILES string of the molecule is CC(C)Cc1nnc2n1-c1ccccc1SC2. The summed E-state index contributed by atoms with van der Waals surface area (Å²) in [6.45, 7) is 4.43. The van der Waals surface area contributed by atoms with Crippen molar-refractivity contribution in [1.29, 1.82) is 0 Å². The highest BCUT2D eigenvalue weighted by atomic mass is 32.2. The van der Waals surface area contributed by atoms with Gasteiger partial charge in [-0.2, -0.15) is 0 Å². The number of hydrogen-bond acceptors (Lipinski definition) is 3. The molecule has 88 valence electrons. The molecule has 0 spiro atoms. The van der Waals surface area contributed by atoms with Crippen LogP contribution in [0.25, 0.3) is 5.69 Å². The van der Waals surface area contributed by atoms with Crippen molar-refractivity contribution in [2.45, 2.75) is 30.9 Å². The van der Waals surface area contributed by atoms with Crippen molar-refractivity contribution < 1.29 is 0 Å². The third-order valence-corrected chi connectivity index (χ3v) is 3.91. The van der Waals surface area contributed by atoms with E-state index in [1.165, 1.54) is 10.6 Å². The topological polar surface area (TPSA) is 30.7 Å². The molecule has 0 atom stereocenters. The number of para-hydroxylation sites is 1. The monoisotopic (exact) mass is 245 g/mol. The highest BCUT2D eigenvalue weighted by Crippen LogP contribution is 2.35. The van der Waals surface area contributed by atoms with Crippen LogP contribution in [0.4, 0.5) is 0 Å². The van der Waals surface area contributed by atoms with Crippen LogP contribution in [0, 0.1) is 5.92 Å². The Hall–Kier alpha value is -1.29. The molecule has 0 N–H and O–H groups in total. The van der Waals surface area contributed by atoms with E-state index >= 15 is 0 Å². The minimum Gasteiger partial charge on any atom is -0.281 e. The number of rotatable bonds is 2. The van der Waals surface area contributed by atoms with Crippen LogP contribution in [0.3, 0.4) is 0 Å². The van der Waals surface area contributed by atoms with Gasteiger partial charge in [-0.25, -0.2) is 0 Å². The highest BCUT2D eigenvalue weighted by molar-refractivity contribution is 7.98. The van der Waals surface area contributed by atoms with E-state index in [1.54, 1.807) is 0 Å². The molecule has 0 saturated heterocycles. The summed E-state index contributed by atoms with van der Waals surface area (Å²) in [5, 5.41) is 8.64. The summed E-state index contributed by atoms with van der Waals surface area (Å²) in [6.07, 6.45) is 0.978. The molecular weight excluding hydrogens is 230 g/mol. The van der Waals surface area contributed by atoms with Gasteiger partial charge in [0.15, 0.2) is 0 Å². The van der Waals surface area contributed by atoms with Crippen molar-refractivity contribution in [2.75, 3.05) is 0 Å². The summed E-state index contributed by atoms with van der Waals surface area (Å²) < 4.78 is 2.23. The van der Waals surface area contributed by atoms with Crippen molar-refractivity contribution in [2.24, 2.45) is 5.92 Å². The smallest absolute Gasteiger partial charge is 0.148 e. The average Bonchev–Trinajstić information content (AvgIpc) is 2.72. The van der Waals surface area contributed by atoms with E-state index in [0.29, 0.717) is 5.92 Å². The third kappa shape index (κ3) is 1.86. The molecule has 0 bridgehead atoms. The Labute approximate surface area is 105 Å². The van der Waals surface area contributed by atoms with Crippen molar-refractivity contribution in [3.05, 3.63) is 35.9 Å². The van der Waals surface area contributed by atoms with Crippen LogP contribution < -0.4 is 0 Å². The fourth-order valence-electron chi connectivity index (χ4n) is 2.13. The van der Waals surface area contributed by atoms with Gasteiger partial charge in [0.25, 0.3) is 0 Å². The Kier molecular flexibility index (Phi) is 2.67. The molecule has 2 aromatic rings. The first kappa shape index (κ1) is 10.8. The van der Waals surface area contributed by atoms with Crippen molar-refractivity contribution in [3.63, 3.8) is 0 Å². The molecule has 1 aliphatic heterocycles. The summed E-state index contributed by atoms with van der Waals surface area (Å²) in [5.74, 6) is 3.68. The van der Waals surface area contributed by atoms with Gasteiger partial charge in [0.2, 0.25) is 0 Å². The lowest BCUT2D eigenvalue weighted by Crippen LogP contribution is -2.11. The number of hydrogen-bond donors (Lipinski definition) is 0. The largest absolute Gasteiger partial charge is 0.281 e. The van der Waals surface area contributed by atoms with E-state index in [4.69, 9.17) is 0 Å². The van der Waals surface area contributed by atoms with Crippen molar-refractivity contribution in [3.8, 4) is 5.69 Å². The van der Waals surface area contributed by atoms with E-state index in [0.717, 1.165) is 23.8 Å². The molecule has 3 nitrogen and oxygen atoms in total. The summed E-state index contributed by atoms with van der Waals surface area (Å²) in [4.78, 5) is 1.32. The Morgan fingerprint density at radius 1 is 1.29 bits per heavy atom. The van der Waals surface area contributed by atoms with Crippen LogP contribution in [0.1, 0.15) is 25.5 Å². The van der Waals surface area contributed by atoms with Crippen LogP contribution in [-0.4, -0.2) is 14.8 Å². The van der Waals surface area contributed by atoms with Gasteiger partial charge in [0.05, 0.1) is 11.4 Å². The maximum atomic E-state index is 4.34. The normalized spacial score (nSPS) is 13.6. The molecule has 0 unspecified atom stereocenters. The molecule has 0 saturated carbocycles. The lowest BCUT2D eigenvalue weighted by atomic mass is 10.1. The predicted molar refractivity (Wildman–Crippen MR) is 69.5 cm³/mol. The Balaban J connectivity index is 2.12. The van der Waals surface area contributed by atoms with Gasteiger partial charge in [-0.15, -0.1) is 22.0 Å². The number of fused-ring (bicyclic) bond motifs is 3. The van der Waals surface area contributed by atoms with Crippen LogP contribution in [-0.2, 0) is 12.2 Å². The molecular formula is C13H15N3S. The second kappa shape index (κ2) is 4.18. The summed E-state index contributed by atoms with van der Waals surface area (Å²) >= 11 is 1.84. The molecule has 1 aromatic carbocycles. The van der Waals surface area contributed by atoms with Gasteiger partial charge >= 0.3 is 0 Å². The first-order valence-corrected chi connectivity index (χ1v) is 6.89. The van der Waals surface area contributed by atoms with E-state index < -0.39 is 0 Å². The van der Waals surface area contributed by atoms with Gasteiger partial charge < -0.3 is 0 Å². The number of benzene rings is 1.